The molecule has 0 radical (unpaired) electrons. The van der Waals surface area contributed by atoms with Crippen LogP contribution in [0.4, 0.5) is 10.2 Å². The smallest absolute Gasteiger partial charge is 0.230 e. The fraction of sp³-hybridized carbons (Fsp3) is 0.286. The minimum absolute atomic E-state index is 0.00262. The van der Waals surface area contributed by atoms with Crippen molar-refractivity contribution in [3.05, 3.63) is 47.4 Å². The van der Waals surface area contributed by atoms with Crippen LogP contribution < -0.4 is 5.32 Å². The fourth-order valence-electron chi connectivity index (χ4n) is 1.82. The van der Waals surface area contributed by atoms with E-state index in [1.54, 1.807) is 24.3 Å². The molecule has 2 aromatic rings. The Morgan fingerprint density at radius 2 is 2.21 bits per heavy atom. The lowest BCUT2D eigenvalue weighted by Gasteiger charge is -2.03. The van der Waals surface area contributed by atoms with Crippen molar-refractivity contribution in [1.29, 1.82) is 0 Å². The van der Waals surface area contributed by atoms with Crippen molar-refractivity contribution in [3.8, 4) is 0 Å². The number of hydrogen-bond acceptors (Lipinski definition) is 2. The third-order valence-electron chi connectivity index (χ3n) is 2.73. The lowest BCUT2D eigenvalue weighted by molar-refractivity contribution is -0.115. The van der Waals surface area contributed by atoms with Crippen LogP contribution in [0.5, 0.6) is 0 Å². The maximum absolute atomic E-state index is 13.4. The van der Waals surface area contributed by atoms with E-state index in [0.29, 0.717) is 11.4 Å². The summed E-state index contributed by atoms with van der Waals surface area (Å²) in [6, 6.07) is 8.04. The standard InChI is InChI=1S/C14H16FN3O/c1-2-5-11-9-13(18-17-11)16-14(19)8-10-6-3-4-7-12(10)15/h3-4,6-7,9H,2,5,8H2,1H3,(H2,16,17,18,19). The quantitative estimate of drug-likeness (QED) is 0.869. The number of nitrogens with one attached hydrogen (secondary N) is 2. The van der Waals surface area contributed by atoms with E-state index in [1.807, 2.05) is 0 Å². The predicted octanol–water partition coefficient (Wildman–Crippen LogP) is 2.68. The number of aryl methyl sites for hydroxylation is 1. The second-order valence-electron chi connectivity index (χ2n) is 4.34. The molecule has 0 bridgehead atoms. The number of carbonyl (C=O) groups is 1. The molecule has 1 amide bonds. The number of amides is 1. The predicted molar refractivity (Wildman–Crippen MR) is 71.3 cm³/mol. The largest absolute Gasteiger partial charge is 0.309 e. The highest BCUT2D eigenvalue weighted by atomic mass is 19.1. The Hall–Kier alpha value is -2.17. The number of nitrogens with zero attached hydrogens (tertiary/aromatic N) is 1. The number of hydrogen-bond donors (Lipinski definition) is 2. The van der Waals surface area contributed by atoms with Gasteiger partial charge < -0.3 is 5.32 Å². The van der Waals surface area contributed by atoms with Crippen molar-refractivity contribution in [2.24, 2.45) is 0 Å². The van der Waals surface area contributed by atoms with E-state index in [9.17, 15) is 9.18 Å². The van der Waals surface area contributed by atoms with Gasteiger partial charge in [-0.25, -0.2) is 4.39 Å². The molecule has 0 saturated heterocycles. The number of H-pyrrole nitrogens is 1. The Kier molecular flexibility index (Phi) is 4.28. The van der Waals surface area contributed by atoms with Crippen molar-refractivity contribution in [2.75, 3.05) is 5.32 Å². The van der Waals surface area contributed by atoms with Gasteiger partial charge in [0.15, 0.2) is 5.82 Å². The van der Waals surface area contributed by atoms with Crippen LogP contribution in [0, 0.1) is 5.82 Å². The third-order valence-corrected chi connectivity index (χ3v) is 2.73. The molecule has 2 rings (SSSR count). The minimum Gasteiger partial charge on any atom is -0.309 e. The first kappa shape index (κ1) is 13.3. The zero-order chi connectivity index (χ0) is 13.7. The van der Waals surface area contributed by atoms with Crippen molar-refractivity contribution in [1.82, 2.24) is 10.2 Å². The second kappa shape index (κ2) is 6.13. The summed E-state index contributed by atoms with van der Waals surface area (Å²) in [5, 5.41) is 9.49. The Balaban J connectivity index is 1.95. The Labute approximate surface area is 111 Å². The van der Waals surface area contributed by atoms with E-state index in [1.165, 1.54) is 6.07 Å². The molecule has 5 heteroatoms. The van der Waals surface area contributed by atoms with Crippen LogP contribution in [0.25, 0.3) is 0 Å². The number of carbonyl (C=O) groups excluding carboxylic acids is 1. The van der Waals surface area contributed by atoms with Crippen molar-refractivity contribution < 1.29 is 9.18 Å². The summed E-state index contributed by atoms with van der Waals surface area (Å²) < 4.78 is 13.4. The third kappa shape index (κ3) is 3.64. The summed E-state index contributed by atoms with van der Waals surface area (Å²) in [5.74, 6) is -0.171. The van der Waals surface area contributed by atoms with Crippen molar-refractivity contribution >= 4 is 11.7 Å². The van der Waals surface area contributed by atoms with Gasteiger partial charge >= 0.3 is 0 Å². The highest BCUT2D eigenvalue weighted by Gasteiger charge is 2.09. The van der Waals surface area contributed by atoms with Crippen molar-refractivity contribution in [2.45, 2.75) is 26.2 Å². The van der Waals surface area contributed by atoms with Gasteiger partial charge in [-0.15, -0.1) is 0 Å². The van der Waals surface area contributed by atoms with Crippen LogP contribution in [0.15, 0.2) is 30.3 Å². The summed E-state index contributed by atoms with van der Waals surface area (Å²) >= 11 is 0. The SMILES string of the molecule is CCCc1cc(NC(=O)Cc2ccccc2F)n[nH]1. The topological polar surface area (TPSA) is 57.8 Å². The number of benzene rings is 1. The van der Waals surface area contributed by atoms with Crippen LogP contribution in [0.2, 0.25) is 0 Å². The Bertz CT molecular complexity index is 565. The highest BCUT2D eigenvalue weighted by Crippen LogP contribution is 2.10. The zero-order valence-corrected chi connectivity index (χ0v) is 10.7. The number of aromatic nitrogens is 2. The molecule has 0 aliphatic rings. The molecule has 4 nitrogen and oxygen atoms in total. The van der Waals surface area contributed by atoms with Gasteiger partial charge in [0.1, 0.15) is 5.82 Å². The summed E-state index contributed by atoms with van der Waals surface area (Å²) in [6.07, 6.45) is 1.89. The molecule has 100 valence electrons. The van der Waals surface area contributed by atoms with E-state index in [0.717, 1.165) is 18.5 Å². The molecule has 0 aliphatic carbocycles. The summed E-state index contributed by atoms with van der Waals surface area (Å²) in [4.78, 5) is 11.8. The van der Waals surface area contributed by atoms with Gasteiger partial charge in [-0.2, -0.15) is 5.10 Å². The lowest BCUT2D eigenvalue weighted by Crippen LogP contribution is -2.15. The molecule has 1 heterocycles. The summed E-state index contributed by atoms with van der Waals surface area (Å²) in [5.41, 5.74) is 1.35. The number of anilines is 1. The van der Waals surface area contributed by atoms with Gasteiger partial charge in [-0.1, -0.05) is 31.5 Å². The van der Waals surface area contributed by atoms with Gasteiger partial charge in [0.2, 0.25) is 5.91 Å². The van der Waals surface area contributed by atoms with E-state index in [-0.39, 0.29) is 18.1 Å². The molecule has 0 aliphatic heterocycles. The molecular weight excluding hydrogens is 245 g/mol. The molecule has 0 fully saturated rings. The molecule has 1 aromatic heterocycles. The Morgan fingerprint density at radius 3 is 2.95 bits per heavy atom. The van der Waals surface area contributed by atoms with Gasteiger partial charge in [0.25, 0.3) is 0 Å². The van der Waals surface area contributed by atoms with Crippen LogP contribution in [-0.4, -0.2) is 16.1 Å². The van der Waals surface area contributed by atoms with Gasteiger partial charge in [0.05, 0.1) is 6.42 Å². The zero-order valence-electron chi connectivity index (χ0n) is 10.7. The Morgan fingerprint density at radius 1 is 1.42 bits per heavy atom. The molecule has 2 N–H and O–H groups in total. The fourth-order valence-corrected chi connectivity index (χ4v) is 1.82. The first-order valence-corrected chi connectivity index (χ1v) is 6.26. The molecule has 0 saturated carbocycles. The van der Waals surface area contributed by atoms with Gasteiger partial charge in [-0.05, 0) is 18.1 Å². The number of aromatic amines is 1. The van der Waals surface area contributed by atoms with E-state index in [4.69, 9.17) is 0 Å². The molecule has 0 atom stereocenters. The first-order chi connectivity index (χ1) is 9.19. The lowest BCUT2D eigenvalue weighted by atomic mass is 10.1. The number of halogens is 1. The van der Waals surface area contributed by atoms with Crippen LogP contribution >= 0.6 is 0 Å². The molecule has 0 unspecified atom stereocenters. The van der Waals surface area contributed by atoms with Crippen molar-refractivity contribution in [3.63, 3.8) is 0 Å². The molecule has 19 heavy (non-hydrogen) atoms. The molecular formula is C14H16FN3O. The van der Waals surface area contributed by atoms with Gasteiger partial charge in [0, 0.05) is 11.8 Å². The summed E-state index contributed by atoms with van der Waals surface area (Å²) in [7, 11) is 0. The maximum Gasteiger partial charge on any atom is 0.230 e. The normalized spacial score (nSPS) is 10.4. The second-order valence-corrected chi connectivity index (χ2v) is 4.34. The van der Waals surface area contributed by atoms with E-state index >= 15 is 0 Å². The average molecular weight is 261 g/mol. The first-order valence-electron chi connectivity index (χ1n) is 6.26. The summed E-state index contributed by atoms with van der Waals surface area (Å²) in [6.45, 7) is 2.07. The van der Waals surface area contributed by atoms with Gasteiger partial charge in [-0.3, -0.25) is 9.89 Å². The minimum atomic E-state index is -0.369. The highest BCUT2D eigenvalue weighted by molar-refractivity contribution is 5.91. The number of rotatable bonds is 5. The van der Waals surface area contributed by atoms with Crippen LogP contribution in [-0.2, 0) is 17.6 Å². The molecule has 0 spiro atoms. The van der Waals surface area contributed by atoms with E-state index < -0.39 is 0 Å². The molecule has 1 aromatic carbocycles. The monoisotopic (exact) mass is 261 g/mol. The van der Waals surface area contributed by atoms with E-state index in [2.05, 4.69) is 22.4 Å². The maximum atomic E-state index is 13.4. The average Bonchev–Trinajstić information content (AvgIpc) is 2.80. The van der Waals surface area contributed by atoms with Crippen LogP contribution in [0.3, 0.4) is 0 Å². The van der Waals surface area contributed by atoms with Crippen LogP contribution in [0.1, 0.15) is 24.6 Å².